The summed E-state index contributed by atoms with van der Waals surface area (Å²) in [4.78, 5) is 10.5. The fourth-order valence-corrected chi connectivity index (χ4v) is 1.28. The first-order valence-corrected chi connectivity index (χ1v) is 4.55. The van der Waals surface area contributed by atoms with Gasteiger partial charge in [0.15, 0.2) is 6.29 Å². The Morgan fingerprint density at radius 1 is 1.46 bits per heavy atom. The number of rotatable bonds is 4. The zero-order chi connectivity index (χ0) is 9.68. The minimum absolute atomic E-state index is 0.144. The maximum Gasteiger partial charge on any atom is 0.153 e. The first kappa shape index (κ1) is 9.78. The highest BCUT2D eigenvalue weighted by molar-refractivity contribution is 5.79. The number of phenols is 1. The van der Waals surface area contributed by atoms with Gasteiger partial charge >= 0.3 is 0 Å². The number of phenolic OH excluding ortho intramolecular Hbond substituents is 1. The summed E-state index contributed by atoms with van der Waals surface area (Å²) < 4.78 is 0. The lowest BCUT2D eigenvalue weighted by molar-refractivity contribution is 0.112. The molecule has 1 aromatic rings. The molecular formula is C11H14O2. The van der Waals surface area contributed by atoms with E-state index in [9.17, 15) is 9.90 Å². The molecule has 1 rings (SSSR count). The van der Waals surface area contributed by atoms with Gasteiger partial charge in [0, 0.05) is 0 Å². The van der Waals surface area contributed by atoms with Crippen LogP contribution >= 0.6 is 0 Å². The fraction of sp³-hybridized carbons (Fsp3) is 0.364. The van der Waals surface area contributed by atoms with E-state index in [1.165, 1.54) is 0 Å². The van der Waals surface area contributed by atoms with Crippen molar-refractivity contribution in [1.82, 2.24) is 0 Å². The van der Waals surface area contributed by atoms with Crippen LogP contribution in [0, 0.1) is 0 Å². The number of hydrogen-bond acceptors (Lipinski definition) is 2. The van der Waals surface area contributed by atoms with Crippen LogP contribution in [-0.2, 0) is 6.42 Å². The third-order valence-electron chi connectivity index (χ3n) is 2.08. The van der Waals surface area contributed by atoms with Crippen molar-refractivity contribution >= 4 is 6.29 Å². The average Bonchev–Trinajstić information content (AvgIpc) is 2.16. The zero-order valence-corrected chi connectivity index (χ0v) is 7.79. The Labute approximate surface area is 78.2 Å². The summed E-state index contributed by atoms with van der Waals surface area (Å²) >= 11 is 0. The van der Waals surface area contributed by atoms with Crippen LogP contribution in [0.4, 0.5) is 0 Å². The lowest BCUT2D eigenvalue weighted by Crippen LogP contribution is -1.89. The molecule has 0 aliphatic heterocycles. The first-order valence-electron chi connectivity index (χ1n) is 4.55. The molecule has 0 spiro atoms. The number of para-hydroxylation sites is 1. The molecule has 1 N–H and O–H groups in total. The average molecular weight is 178 g/mol. The second-order valence-electron chi connectivity index (χ2n) is 3.08. The van der Waals surface area contributed by atoms with Crippen LogP contribution < -0.4 is 0 Å². The molecule has 0 fully saturated rings. The van der Waals surface area contributed by atoms with E-state index in [1.54, 1.807) is 12.1 Å². The molecule has 70 valence electrons. The Morgan fingerprint density at radius 2 is 2.23 bits per heavy atom. The minimum Gasteiger partial charge on any atom is -0.507 e. The number of aromatic hydroxyl groups is 1. The molecule has 0 heterocycles. The zero-order valence-electron chi connectivity index (χ0n) is 7.79. The van der Waals surface area contributed by atoms with E-state index in [0.29, 0.717) is 11.8 Å². The lowest BCUT2D eigenvalue weighted by Gasteiger charge is -2.04. The van der Waals surface area contributed by atoms with Crippen molar-refractivity contribution in [2.75, 3.05) is 0 Å². The number of aldehydes is 1. The molecule has 2 nitrogen and oxygen atoms in total. The number of benzene rings is 1. The highest BCUT2D eigenvalue weighted by atomic mass is 16.3. The molecule has 1 aromatic carbocycles. The molecule has 2 heteroatoms. The molecule has 0 radical (unpaired) electrons. The van der Waals surface area contributed by atoms with Crippen LogP contribution in [0.2, 0.25) is 0 Å². The summed E-state index contributed by atoms with van der Waals surface area (Å²) in [5.74, 6) is 0.144. The van der Waals surface area contributed by atoms with E-state index >= 15 is 0 Å². The molecule has 0 aliphatic carbocycles. The third kappa shape index (κ3) is 2.31. The van der Waals surface area contributed by atoms with Crippen LogP contribution in [0.1, 0.15) is 35.7 Å². The molecule has 0 saturated carbocycles. The Hall–Kier alpha value is -1.31. The smallest absolute Gasteiger partial charge is 0.153 e. The van der Waals surface area contributed by atoms with E-state index in [1.807, 2.05) is 6.07 Å². The predicted octanol–water partition coefficient (Wildman–Crippen LogP) is 2.55. The number of carbonyl (C=O) groups excluding carboxylic acids is 1. The van der Waals surface area contributed by atoms with Crippen molar-refractivity contribution in [3.05, 3.63) is 29.3 Å². The Kier molecular flexibility index (Phi) is 3.50. The Bertz CT molecular complexity index is 292. The van der Waals surface area contributed by atoms with Gasteiger partial charge in [-0.2, -0.15) is 0 Å². The Morgan fingerprint density at radius 3 is 2.85 bits per heavy atom. The number of carbonyl (C=O) groups is 1. The van der Waals surface area contributed by atoms with Gasteiger partial charge in [0.05, 0.1) is 5.56 Å². The van der Waals surface area contributed by atoms with Crippen LogP contribution in [0.3, 0.4) is 0 Å². The highest BCUT2D eigenvalue weighted by Gasteiger charge is 2.04. The molecule has 0 saturated heterocycles. The van der Waals surface area contributed by atoms with E-state index in [2.05, 4.69) is 6.92 Å². The molecular weight excluding hydrogens is 164 g/mol. The normalized spacial score (nSPS) is 9.92. The molecule has 0 aliphatic rings. The summed E-state index contributed by atoms with van der Waals surface area (Å²) in [6, 6.07) is 5.28. The van der Waals surface area contributed by atoms with Crippen molar-refractivity contribution in [2.45, 2.75) is 26.2 Å². The van der Waals surface area contributed by atoms with Gasteiger partial charge in [0.2, 0.25) is 0 Å². The maximum atomic E-state index is 10.5. The quantitative estimate of drug-likeness (QED) is 0.719. The van der Waals surface area contributed by atoms with Crippen LogP contribution in [0.15, 0.2) is 18.2 Å². The van der Waals surface area contributed by atoms with Gasteiger partial charge in [0.25, 0.3) is 0 Å². The van der Waals surface area contributed by atoms with E-state index < -0.39 is 0 Å². The second-order valence-corrected chi connectivity index (χ2v) is 3.08. The second kappa shape index (κ2) is 4.65. The maximum absolute atomic E-state index is 10.5. The van der Waals surface area contributed by atoms with E-state index in [4.69, 9.17) is 0 Å². The highest BCUT2D eigenvalue weighted by Crippen LogP contribution is 2.22. The van der Waals surface area contributed by atoms with Crippen molar-refractivity contribution in [2.24, 2.45) is 0 Å². The topological polar surface area (TPSA) is 37.3 Å². The molecule has 0 amide bonds. The van der Waals surface area contributed by atoms with Gasteiger partial charge in [-0.3, -0.25) is 4.79 Å². The molecule has 13 heavy (non-hydrogen) atoms. The van der Waals surface area contributed by atoms with Gasteiger partial charge in [-0.05, 0) is 24.5 Å². The van der Waals surface area contributed by atoms with Gasteiger partial charge in [0.1, 0.15) is 5.75 Å². The van der Waals surface area contributed by atoms with E-state index in [0.717, 1.165) is 24.8 Å². The molecule has 0 atom stereocenters. The summed E-state index contributed by atoms with van der Waals surface area (Å²) in [5.41, 5.74) is 1.25. The summed E-state index contributed by atoms with van der Waals surface area (Å²) in [6.07, 6.45) is 3.65. The van der Waals surface area contributed by atoms with Crippen LogP contribution in [0.5, 0.6) is 5.75 Å². The fourth-order valence-electron chi connectivity index (χ4n) is 1.28. The monoisotopic (exact) mass is 178 g/mol. The van der Waals surface area contributed by atoms with Crippen molar-refractivity contribution in [1.29, 1.82) is 0 Å². The lowest BCUT2D eigenvalue weighted by atomic mass is 10.0. The van der Waals surface area contributed by atoms with Gasteiger partial charge < -0.3 is 5.11 Å². The van der Waals surface area contributed by atoms with Gasteiger partial charge in [-0.25, -0.2) is 0 Å². The number of aryl methyl sites for hydroxylation is 1. The summed E-state index contributed by atoms with van der Waals surface area (Å²) in [6.45, 7) is 2.10. The van der Waals surface area contributed by atoms with Crippen molar-refractivity contribution < 1.29 is 9.90 Å². The first-order chi connectivity index (χ1) is 6.29. The van der Waals surface area contributed by atoms with Crippen molar-refractivity contribution in [3.8, 4) is 5.75 Å². The summed E-state index contributed by atoms with van der Waals surface area (Å²) in [5, 5.41) is 9.58. The minimum atomic E-state index is 0.144. The molecule has 0 unspecified atom stereocenters. The molecule has 0 bridgehead atoms. The predicted molar refractivity (Wildman–Crippen MR) is 52.1 cm³/mol. The van der Waals surface area contributed by atoms with Gasteiger partial charge in [-0.15, -0.1) is 0 Å². The standard InChI is InChI=1S/C11H14O2/c1-2-3-5-9-6-4-7-10(8-12)11(9)13/h4,6-8,13H,2-3,5H2,1H3. The molecule has 0 aromatic heterocycles. The number of hydrogen-bond donors (Lipinski definition) is 1. The van der Waals surface area contributed by atoms with Crippen LogP contribution in [-0.4, -0.2) is 11.4 Å². The van der Waals surface area contributed by atoms with Gasteiger partial charge in [-0.1, -0.05) is 25.5 Å². The largest absolute Gasteiger partial charge is 0.507 e. The number of unbranched alkanes of at least 4 members (excludes halogenated alkanes) is 1. The Balaban J connectivity index is 2.87. The van der Waals surface area contributed by atoms with E-state index in [-0.39, 0.29) is 5.75 Å². The third-order valence-corrected chi connectivity index (χ3v) is 2.08. The SMILES string of the molecule is CCCCc1cccc(C=O)c1O. The van der Waals surface area contributed by atoms with Crippen molar-refractivity contribution in [3.63, 3.8) is 0 Å². The summed E-state index contributed by atoms with van der Waals surface area (Å²) in [7, 11) is 0. The van der Waals surface area contributed by atoms with Crippen LogP contribution in [0.25, 0.3) is 0 Å².